The molecule has 0 fully saturated rings. The van der Waals surface area contributed by atoms with Crippen LogP contribution in [0.5, 0.6) is 0 Å². The second kappa shape index (κ2) is 5.07. The molecule has 3 N–H and O–H groups in total. The van der Waals surface area contributed by atoms with Gasteiger partial charge in [-0.05, 0) is 24.3 Å². The van der Waals surface area contributed by atoms with Gasteiger partial charge in [0, 0.05) is 6.07 Å². The number of hydrogen-bond acceptors (Lipinski definition) is 5. The largest absolute Gasteiger partial charge is 0.384 e. The molecule has 0 bridgehead atoms. The molecule has 0 spiro atoms. The lowest BCUT2D eigenvalue weighted by molar-refractivity contribution is -0.384. The smallest absolute Gasteiger partial charge is 0.311 e. The van der Waals surface area contributed by atoms with Crippen molar-refractivity contribution >= 4 is 34.6 Å². The lowest BCUT2D eigenvalue weighted by Crippen LogP contribution is -2.02. The summed E-state index contributed by atoms with van der Waals surface area (Å²) in [5, 5.41) is 13.6. The van der Waals surface area contributed by atoms with Crippen LogP contribution < -0.4 is 11.1 Å². The third-order valence-electron chi connectivity index (χ3n) is 2.28. The number of nitrogen functional groups attached to an aromatic ring is 1. The first-order valence-electron chi connectivity index (χ1n) is 5.10. The molecular formula is C11H8ClFN4O2. The molecular weight excluding hydrogens is 275 g/mol. The Labute approximate surface area is 112 Å². The Morgan fingerprint density at radius 1 is 1.37 bits per heavy atom. The molecule has 0 unspecified atom stereocenters. The van der Waals surface area contributed by atoms with Crippen LogP contribution in [-0.2, 0) is 0 Å². The van der Waals surface area contributed by atoms with Crippen molar-refractivity contribution in [3.63, 3.8) is 0 Å². The fourth-order valence-corrected chi connectivity index (χ4v) is 1.64. The lowest BCUT2D eigenvalue weighted by Gasteiger charge is -2.08. The summed E-state index contributed by atoms with van der Waals surface area (Å²) in [5.74, 6) is -0.449. The number of pyridine rings is 1. The number of aromatic nitrogens is 1. The van der Waals surface area contributed by atoms with E-state index in [9.17, 15) is 14.5 Å². The molecule has 0 saturated carbocycles. The van der Waals surface area contributed by atoms with Crippen molar-refractivity contribution in [3.8, 4) is 0 Å². The van der Waals surface area contributed by atoms with Gasteiger partial charge in [-0.3, -0.25) is 10.1 Å². The summed E-state index contributed by atoms with van der Waals surface area (Å²) in [6.07, 6.45) is 0. The predicted molar refractivity (Wildman–Crippen MR) is 70.0 cm³/mol. The third kappa shape index (κ3) is 2.89. The van der Waals surface area contributed by atoms with Gasteiger partial charge in [-0.2, -0.15) is 0 Å². The number of anilines is 3. The van der Waals surface area contributed by atoms with Gasteiger partial charge < -0.3 is 11.1 Å². The highest BCUT2D eigenvalue weighted by Gasteiger charge is 2.16. The average molecular weight is 283 g/mol. The van der Waals surface area contributed by atoms with Crippen LogP contribution in [0, 0.1) is 15.9 Å². The van der Waals surface area contributed by atoms with Crippen molar-refractivity contribution < 1.29 is 9.31 Å². The van der Waals surface area contributed by atoms with E-state index in [4.69, 9.17) is 17.3 Å². The van der Waals surface area contributed by atoms with Crippen LogP contribution in [0.25, 0.3) is 0 Å². The van der Waals surface area contributed by atoms with E-state index in [1.165, 1.54) is 24.3 Å². The van der Waals surface area contributed by atoms with Gasteiger partial charge in [-0.15, -0.1) is 0 Å². The fraction of sp³-hybridized carbons (Fsp3) is 0. The number of nitrogens with zero attached hydrogens (tertiary/aromatic N) is 2. The Kier molecular flexibility index (Phi) is 3.48. The zero-order chi connectivity index (χ0) is 14.0. The van der Waals surface area contributed by atoms with Crippen molar-refractivity contribution in [2.75, 3.05) is 11.1 Å². The highest BCUT2D eigenvalue weighted by Crippen LogP contribution is 2.30. The number of benzene rings is 1. The molecule has 0 amide bonds. The third-order valence-corrected chi connectivity index (χ3v) is 2.59. The maximum Gasteiger partial charge on any atom is 0.311 e. The molecule has 0 radical (unpaired) electrons. The Bertz CT molecular complexity index is 651. The van der Waals surface area contributed by atoms with Crippen LogP contribution in [0.2, 0.25) is 5.02 Å². The molecule has 1 aromatic carbocycles. The first-order chi connectivity index (χ1) is 8.97. The number of nitro groups is 1. The molecule has 1 aromatic heterocycles. The average Bonchev–Trinajstić information content (AvgIpc) is 2.32. The minimum absolute atomic E-state index is 0.0569. The summed E-state index contributed by atoms with van der Waals surface area (Å²) < 4.78 is 12.9. The minimum atomic E-state index is -0.605. The summed E-state index contributed by atoms with van der Waals surface area (Å²) in [6.45, 7) is 0. The van der Waals surface area contributed by atoms with Crippen molar-refractivity contribution in [1.29, 1.82) is 0 Å². The van der Waals surface area contributed by atoms with Crippen LogP contribution in [0.15, 0.2) is 30.3 Å². The van der Waals surface area contributed by atoms with Crippen LogP contribution in [0.4, 0.5) is 27.4 Å². The second-order valence-corrected chi connectivity index (χ2v) is 4.02. The normalized spacial score (nSPS) is 10.2. The number of halogens is 2. The van der Waals surface area contributed by atoms with E-state index in [1.807, 2.05) is 0 Å². The van der Waals surface area contributed by atoms with Crippen LogP contribution in [-0.4, -0.2) is 9.91 Å². The summed E-state index contributed by atoms with van der Waals surface area (Å²) in [5.41, 5.74) is 5.52. The van der Waals surface area contributed by atoms with E-state index >= 15 is 0 Å². The van der Waals surface area contributed by atoms with E-state index in [2.05, 4.69) is 10.3 Å². The summed E-state index contributed by atoms with van der Waals surface area (Å²) in [7, 11) is 0. The van der Waals surface area contributed by atoms with Gasteiger partial charge in [-0.25, -0.2) is 9.37 Å². The SMILES string of the molecule is Nc1ccc([N+](=O)[O-])c(Nc2ccc(F)cc2Cl)n1. The van der Waals surface area contributed by atoms with E-state index in [0.29, 0.717) is 5.69 Å². The van der Waals surface area contributed by atoms with Gasteiger partial charge in [0.2, 0.25) is 5.82 Å². The van der Waals surface area contributed by atoms with Crippen LogP contribution in [0.1, 0.15) is 0 Å². The first kappa shape index (κ1) is 13.0. The maximum atomic E-state index is 12.9. The van der Waals surface area contributed by atoms with Gasteiger partial charge >= 0.3 is 5.69 Å². The molecule has 0 aliphatic heterocycles. The van der Waals surface area contributed by atoms with E-state index in [-0.39, 0.29) is 22.3 Å². The van der Waals surface area contributed by atoms with Gasteiger partial charge in [0.25, 0.3) is 0 Å². The Morgan fingerprint density at radius 3 is 2.74 bits per heavy atom. The van der Waals surface area contributed by atoms with Gasteiger partial charge in [0.15, 0.2) is 0 Å². The van der Waals surface area contributed by atoms with Gasteiger partial charge in [0.1, 0.15) is 11.6 Å². The molecule has 0 saturated heterocycles. The fourth-order valence-electron chi connectivity index (χ4n) is 1.42. The predicted octanol–water partition coefficient (Wildman–Crippen LogP) is 3.11. The summed E-state index contributed by atoms with van der Waals surface area (Å²) in [6, 6.07) is 6.15. The molecule has 0 atom stereocenters. The number of rotatable bonds is 3. The molecule has 1 heterocycles. The molecule has 8 heteroatoms. The van der Waals surface area contributed by atoms with E-state index < -0.39 is 10.7 Å². The molecule has 0 aliphatic rings. The van der Waals surface area contributed by atoms with Crippen molar-refractivity contribution in [2.45, 2.75) is 0 Å². The number of nitrogens with two attached hydrogens (primary N) is 1. The molecule has 0 aliphatic carbocycles. The summed E-state index contributed by atoms with van der Waals surface area (Å²) in [4.78, 5) is 14.1. The molecule has 2 rings (SSSR count). The van der Waals surface area contributed by atoms with Crippen LogP contribution >= 0.6 is 11.6 Å². The Balaban J connectivity index is 2.42. The Hall–Kier alpha value is -2.41. The zero-order valence-electron chi connectivity index (χ0n) is 9.43. The van der Waals surface area contributed by atoms with Crippen molar-refractivity contribution in [3.05, 3.63) is 51.3 Å². The topological polar surface area (TPSA) is 94.1 Å². The molecule has 6 nitrogen and oxygen atoms in total. The van der Waals surface area contributed by atoms with Gasteiger partial charge in [-0.1, -0.05) is 11.6 Å². The second-order valence-electron chi connectivity index (χ2n) is 3.61. The van der Waals surface area contributed by atoms with Crippen molar-refractivity contribution in [1.82, 2.24) is 4.98 Å². The minimum Gasteiger partial charge on any atom is -0.384 e. The van der Waals surface area contributed by atoms with Gasteiger partial charge in [0.05, 0.1) is 15.6 Å². The lowest BCUT2D eigenvalue weighted by atomic mass is 10.3. The molecule has 2 aromatic rings. The Morgan fingerprint density at radius 2 is 2.11 bits per heavy atom. The monoisotopic (exact) mass is 282 g/mol. The zero-order valence-corrected chi connectivity index (χ0v) is 10.2. The standard InChI is InChI=1S/C11H8ClFN4O2/c12-7-5-6(13)1-2-8(7)15-11-9(17(18)19)3-4-10(14)16-11/h1-5H,(H3,14,15,16). The first-order valence-corrected chi connectivity index (χ1v) is 5.48. The van der Waals surface area contributed by atoms with Crippen LogP contribution in [0.3, 0.4) is 0 Å². The summed E-state index contributed by atoms with van der Waals surface area (Å²) >= 11 is 5.82. The number of hydrogen-bond donors (Lipinski definition) is 2. The van der Waals surface area contributed by atoms with E-state index in [0.717, 1.165) is 6.07 Å². The van der Waals surface area contributed by atoms with E-state index in [1.54, 1.807) is 0 Å². The van der Waals surface area contributed by atoms with Crippen molar-refractivity contribution in [2.24, 2.45) is 0 Å². The molecule has 19 heavy (non-hydrogen) atoms. The highest BCUT2D eigenvalue weighted by atomic mass is 35.5. The highest BCUT2D eigenvalue weighted by molar-refractivity contribution is 6.33. The molecule has 98 valence electrons. The quantitative estimate of drug-likeness (QED) is 0.666. The number of nitrogens with one attached hydrogen (secondary N) is 1. The maximum absolute atomic E-state index is 12.9.